The summed E-state index contributed by atoms with van der Waals surface area (Å²) in [5.74, 6) is -0.674. The van der Waals surface area contributed by atoms with Crippen LogP contribution in [-0.2, 0) is 20.7 Å². The molecule has 0 bridgehead atoms. The van der Waals surface area contributed by atoms with Crippen LogP contribution in [0.3, 0.4) is 0 Å². The lowest BCUT2D eigenvalue weighted by atomic mass is 10.1. The Morgan fingerprint density at radius 1 is 1.11 bits per heavy atom. The van der Waals surface area contributed by atoms with Gasteiger partial charge in [0.2, 0.25) is 11.8 Å². The zero-order valence-corrected chi connectivity index (χ0v) is 15.5. The summed E-state index contributed by atoms with van der Waals surface area (Å²) < 4.78 is 4.73. The third kappa shape index (κ3) is 4.00. The van der Waals surface area contributed by atoms with E-state index in [4.69, 9.17) is 4.74 Å². The molecule has 2 aromatic carbocycles. The third-order valence-electron chi connectivity index (χ3n) is 4.70. The zero-order chi connectivity index (χ0) is 19.4. The largest absolute Gasteiger partial charge is 0.465 e. The molecule has 2 amide bonds. The van der Waals surface area contributed by atoms with Crippen LogP contribution in [-0.4, -0.2) is 38.0 Å². The number of amides is 2. The molecular formula is C21H22N2O4. The van der Waals surface area contributed by atoms with Gasteiger partial charge in [-0.2, -0.15) is 0 Å². The van der Waals surface area contributed by atoms with Crippen LogP contribution in [0, 0.1) is 0 Å². The van der Waals surface area contributed by atoms with Crippen LogP contribution < -0.4 is 9.80 Å². The first-order valence-electron chi connectivity index (χ1n) is 8.86. The van der Waals surface area contributed by atoms with Crippen molar-refractivity contribution in [2.24, 2.45) is 0 Å². The van der Waals surface area contributed by atoms with E-state index in [1.807, 2.05) is 24.3 Å². The van der Waals surface area contributed by atoms with Gasteiger partial charge in [-0.1, -0.05) is 24.3 Å². The maximum Gasteiger partial charge on any atom is 0.337 e. The lowest BCUT2D eigenvalue weighted by Crippen LogP contribution is -2.35. The number of esters is 1. The topological polar surface area (TPSA) is 66.9 Å². The number of carbonyl (C=O) groups excluding carboxylic acids is 3. The van der Waals surface area contributed by atoms with E-state index in [0.717, 1.165) is 12.1 Å². The van der Waals surface area contributed by atoms with Crippen LogP contribution in [0.1, 0.15) is 29.3 Å². The fourth-order valence-electron chi connectivity index (χ4n) is 3.33. The van der Waals surface area contributed by atoms with Gasteiger partial charge in [0, 0.05) is 37.8 Å². The van der Waals surface area contributed by atoms with Crippen molar-refractivity contribution in [1.29, 1.82) is 0 Å². The van der Waals surface area contributed by atoms with Gasteiger partial charge in [0.25, 0.3) is 0 Å². The molecule has 27 heavy (non-hydrogen) atoms. The van der Waals surface area contributed by atoms with Crippen molar-refractivity contribution >= 4 is 29.2 Å². The van der Waals surface area contributed by atoms with Gasteiger partial charge >= 0.3 is 5.97 Å². The van der Waals surface area contributed by atoms with Crippen molar-refractivity contribution in [3.8, 4) is 0 Å². The maximum atomic E-state index is 12.7. The number of ether oxygens (including phenoxy) is 1. The van der Waals surface area contributed by atoms with E-state index in [2.05, 4.69) is 0 Å². The molecule has 1 aliphatic rings. The quantitative estimate of drug-likeness (QED) is 0.763. The van der Waals surface area contributed by atoms with E-state index in [9.17, 15) is 14.4 Å². The number of hydrogen-bond donors (Lipinski definition) is 0. The molecule has 1 aliphatic heterocycles. The highest BCUT2D eigenvalue weighted by Gasteiger charge is 2.25. The van der Waals surface area contributed by atoms with Gasteiger partial charge in [0.15, 0.2) is 0 Å². The van der Waals surface area contributed by atoms with E-state index in [1.54, 1.807) is 29.2 Å². The average Bonchev–Trinajstić information content (AvgIpc) is 3.11. The Hall–Kier alpha value is -3.15. The van der Waals surface area contributed by atoms with Crippen molar-refractivity contribution in [2.75, 3.05) is 30.0 Å². The summed E-state index contributed by atoms with van der Waals surface area (Å²) in [6, 6.07) is 14.5. The molecule has 3 rings (SSSR count). The second-order valence-corrected chi connectivity index (χ2v) is 6.39. The highest BCUT2D eigenvalue weighted by molar-refractivity contribution is 5.98. The van der Waals surface area contributed by atoms with Gasteiger partial charge in [0.05, 0.1) is 12.7 Å². The van der Waals surface area contributed by atoms with Crippen LogP contribution in [0.4, 0.5) is 11.4 Å². The number of rotatable bonds is 5. The van der Waals surface area contributed by atoms with E-state index in [-0.39, 0.29) is 24.8 Å². The molecule has 140 valence electrons. The number of anilines is 2. The Morgan fingerprint density at radius 3 is 2.63 bits per heavy atom. The Kier molecular flexibility index (Phi) is 5.54. The summed E-state index contributed by atoms with van der Waals surface area (Å²) in [5.41, 5.74) is 3.05. The molecule has 0 spiro atoms. The first kappa shape index (κ1) is 18.6. The van der Waals surface area contributed by atoms with Crippen LogP contribution in [0.15, 0.2) is 48.5 Å². The normalized spacial score (nSPS) is 12.4. The monoisotopic (exact) mass is 366 g/mol. The summed E-state index contributed by atoms with van der Waals surface area (Å²) >= 11 is 0. The average molecular weight is 366 g/mol. The SMILES string of the molecule is COC(=O)c1cccc(N(CCC(=O)N2CCc3ccccc32)C(C)=O)c1. The summed E-state index contributed by atoms with van der Waals surface area (Å²) in [4.78, 5) is 39.8. The number of benzene rings is 2. The van der Waals surface area contributed by atoms with Gasteiger partial charge in [-0.05, 0) is 36.2 Å². The lowest BCUT2D eigenvalue weighted by Gasteiger charge is -2.23. The minimum atomic E-state index is -0.467. The Morgan fingerprint density at radius 2 is 1.89 bits per heavy atom. The number of nitrogens with zero attached hydrogens (tertiary/aromatic N) is 2. The van der Waals surface area contributed by atoms with Crippen LogP contribution in [0.25, 0.3) is 0 Å². The minimum absolute atomic E-state index is 0.0182. The molecule has 1 heterocycles. The highest BCUT2D eigenvalue weighted by Crippen LogP contribution is 2.28. The van der Waals surface area contributed by atoms with Crippen LogP contribution >= 0.6 is 0 Å². The van der Waals surface area contributed by atoms with E-state index in [1.165, 1.54) is 24.5 Å². The van der Waals surface area contributed by atoms with Gasteiger partial charge in [-0.25, -0.2) is 4.79 Å². The van der Waals surface area contributed by atoms with Gasteiger partial charge in [0.1, 0.15) is 0 Å². The Balaban J connectivity index is 1.72. The van der Waals surface area contributed by atoms with E-state index in [0.29, 0.717) is 17.8 Å². The van der Waals surface area contributed by atoms with Crippen molar-refractivity contribution in [1.82, 2.24) is 0 Å². The molecule has 0 unspecified atom stereocenters. The molecular weight excluding hydrogens is 344 g/mol. The second kappa shape index (κ2) is 8.03. The second-order valence-electron chi connectivity index (χ2n) is 6.39. The highest BCUT2D eigenvalue weighted by atomic mass is 16.5. The molecule has 0 radical (unpaired) electrons. The lowest BCUT2D eigenvalue weighted by molar-refractivity contribution is -0.118. The van der Waals surface area contributed by atoms with Crippen molar-refractivity contribution in [3.63, 3.8) is 0 Å². The van der Waals surface area contributed by atoms with Gasteiger partial charge < -0.3 is 14.5 Å². The number of para-hydroxylation sites is 1. The predicted octanol–water partition coefficient (Wildman–Crippen LogP) is 2.81. The summed E-state index contributed by atoms with van der Waals surface area (Å²) in [5, 5.41) is 0. The van der Waals surface area contributed by atoms with E-state index >= 15 is 0 Å². The molecule has 0 atom stereocenters. The Labute approximate surface area is 158 Å². The number of carbonyl (C=O) groups is 3. The standard InChI is InChI=1S/C21H22N2O4/c1-15(24)22(18-8-5-7-17(14-18)21(26)27-2)13-11-20(25)23-12-10-16-6-3-4-9-19(16)23/h3-9,14H,10-13H2,1-2H3. The summed E-state index contributed by atoms with van der Waals surface area (Å²) in [6.07, 6.45) is 1.05. The molecule has 6 heteroatoms. The zero-order valence-electron chi connectivity index (χ0n) is 15.5. The number of methoxy groups -OCH3 is 1. The fraction of sp³-hybridized carbons (Fsp3) is 0.286. The van der Waals surface area contributed by atoms with Crippen molar-refractivity contribution in [3.05, 3.63) is 59.7 Å². The fourth-order valence-corrected chi connectivity index (χ4v) is 3.33. The maximum absolute atomic E-state index is 12.7. The molecule has 0 N–H and O–H groups in total. The van der Waals surface area contributed by atoms with Gasteiger partial charge in [-0.3, -0.25) is 9.59 Å². The molecule has 0 aliphatic carbocycles. The summed E-state index contributed by atoms with van der Waals surface area (Å²) in [7, 11) is 1.31. The first-order valence-corrected chi connectivity index (χ1v) is 8.86. The summed E-state index contributed by atoms with van der Waals surface area (Å²) in [6.45, 7) is 2.36. The molecule has 0 aromatic heterocycles. The van der Waals surface area contributed by atoms with Crippen molar-refractivity contribution < 1.29 is 19.1 Å². The van der Waals surface area contributed by atoms with Crippen molar-refractivity contribution in [2.45, 2.75) is 19.8 Å². The smallest absolute Gasteiger partial charge is 0.337 e. The van der Waals surface area contributed by atoms with Crippen LogP contribution in [0.5, 0.6) is 0 Å². The number of hydrogen-bond acceptors (Lipinski definition) is 4. The first-order chi connectivity index (χ1) is 13.0. The van der Waals surface area contributed by atoms with E-state index < -0.39 is 5.97 Å². The molecule has 6 nitrogen and oxygen atoms in total. The molecule has 0 saturated carbocycles. The van der Waals surface area contributed by atoms with Gasteiger partial charge in [-0.15, -0.1) is 0 Å². The molecule has 0 saturated heterocycles. The third-order valence-corrected chi connectivity index (χ3v) is 4.70. The minimum Gasteiger partial charge on any atom is -0.465 e. The van der Waals surface area contributed by atoms with Crippen LogP contribution in [0.2, 0.25) is 0 Å². The molecule has 0 fully saturated rings. The predicted molar refractivity (Wildman–Crippen MR) is 103 cm³/mol. The Bertz CT molecular complexity index is 878. The number of fused-ring (bicyclic) bond motifs is 1. The molecule has 2 aromatic rings.